The standard InChI is InChI=1S/C21H22N5O6P/c1-25-16-6-4-3-5-13(16)22-18(25)10-19-23-14-8-7-12(9-17(14)26(19)2)20(27)24-15(21(28)29)11-33(30,31)32/h3-9,15H,10-11H2,1-2H3,(H,24,27)(H,28,29)(H2,30,31,32). The maximum Gasteiger partial charge on any atom is 0.328 e. The summed E-state index contributed by atoms with van der Waals surface area (Å²) < 4.78 is 15.0. The van der Waals surface area contributed by atoms with Gasteiger partial charge in [0.05, 0.1) is 34.6 Å². The lowest BCUT2D eigenvalue weighted by Gasteiger charge is -2.15. The highest BCUT2D eigenvalue weighted by atomic mass is 31.2. The van der Waals surface area contributed by atoms with Gasteiger partial charge in [0.15, 0.2) is 0 Å². The van der Waals surface area contributed by atoms with Crippen LogP contribution in [-0.2, 0) is 29.9 Å². The van der Waals surface area contributed by atoms with E-state index in [4.69, 9.17) is 9.79 Å². The Kier molecular flexibility index (Phi) is 5.79. The monoisotopic (exact) mass is 471 g/mol. The summed E-state index contributed by atoms with van der Waals surface area (Å²) in [6.45, 7) is 0. The van der Waals surface area contributed by atoms with E-state index in [0.29, 0.717) is 17.5 Å². The molecular formula is C21H22N5O6P. The van der Waals surface area contributed by atoms with Gasteiger partial charge in [-0.25, -0.2) is 14.8 Å². The maximum absolute atomic E-state index is 12.6. The summed E-state index contributed by atoms with van der Waals surface area (Å²) in [5, 5.41) is 11.4. The molecule has 4 N–H and O–H groups in total. The molecular weight excluding hydrogens is 449 g/mol. The van der Waals surface area contributed by atoms with Gasteiger partial charge in [0.25, 0.3) is 5.91 Å². The molecule has 33 heavy (non-hydrogen) atoms. The summed E-state index contributed by atoms with van der Waals surface area (Å²) in [4.78, 5) is 51.3. The lowest BCUT2D eigenvalue weighted by Crippen LogP contribution is -2.43. The molecule has 1 atom stereocenters. The van der Waals surface area contributed by atoms with E-state index in [0.717, 1.165) is 22.7 Å². The molecule has 0 fully saturated rings. The normalized spacial score (nSPS) is 12.8. The van der Waals surface area contributed by atoms with Crippen LogP contribution in [0.3, 0.4) is 0 Å². The molecule has 0 saturated heterocycles. The van der Waals surface area contributed by atoms with Crippen molar-refractivity contribution in [1.82, 2.24) is 24.4 Å². The highest BCUT2D eigenvalue weighted by molar-refractivity contribution is 7.51. The van der Waals surface area contributed by atoms with Crippen LogP contribution in [0.25, 0.3) is 22.1 Å². The highest BCUT2D eigenvalue weighted by Gasteiger charge is 2.29. The Labute approximate surface area is 187 Å². The average molecular weight is 471 g/mol. The summed E-state index contributed by atoms with van der Waals surface area (Å²) >= 11 is 0. The third kappa shape index (κ3) is 4.65. The number of aromatic nitrogens is 4. The summed E-state index contributed by atoms with van der Waals surface area (Å²) in [7, 11) is -0.888. The summed E-state index contributed by atoms with van der Waals surface area (Å²) in [5.41, 5.74) is 3.34. The molecule has 0 radical (unpaired) electrons. The quantitative estimate of drug-likeness (QED) is 0.294. The number of hydrogen-bond donors (Lipinski definition) is 4. The van der Waals surface area contributed by atoms with Crippen molar-refractivity contribution >= 4 is 41.5 Å². The molecule has 0 saturated carbocycles. The molecule has 0 spiro atoms. The van der Waals surface area contributed by atoms with Crippen molar-refractivity contribution in [2.75, 3.05) is 6.16 Å². The van der Waals surface area contributed by atoms with E-state index in [1.165, 1.54) is 6.07 Å². The fourth-order valence-corrected chi connectivity index (χ4v) is 4.42. The number of hydrogen-bond acceptors (Lipinski definition) is 5. The Morgan fingerprint density at radius 3 is 2.21 bits per heavy atom. The van der Waals surface area contributed by atoms with Crippen LogP contribution in [0, 0.1) is 0 Å². The van der Waals surface area contributed by atoms with Gasteiger partial charge in [-0.1, -0.05) is 12.1 Å². The van der Waals surface area contributed by atoms with Crippen molar-refractivity contribution in [2.24, 2.45) is 14.1 Å². The lowest BCUT2D eigenvalue weighted by atomic mass is 10.1. The highest BCUT2D eigenvalue weighted by Crippen LogP contribution is 2.35. The molecule has 0 aliphatic heterocycles. The molecule has 4 rings (SSSR count). The van der Waals surface area contributed by atoms with Crippen LogP contribution in [0.15, 0.2) is 42.5 Å². The molecule has 172 valence electrons. The number of carboxylic acid groups (broad SMARTS) is 1. The van der Waals surface area contributed by atoms with Crippen LogP contribution in [0.1, 0.15) is 22.0 Å². The first-order chi connectivity index (χ1) is 15.5. The zero-order valence-electron chi connectivity index (χ0n) is 17.8. The Hall–Kier alpha value is -3.53. The molecule has 0 aliphatic rings. The smallest absolute Gasteiger partial charge is 0.328 e. The molecule has 1 unspecified atom stereocenters. The molecule has 1 amide bonds. The number of carbonyl (C=O) groups excluding carboxylic acids is 1. The molecule has 2 aromatic carbocycles. The minimum absolute atomic E-state index is 0.150. The molecule has 11 nitrogen and oxygen atoms in total. The van der Waals surface area contributed by atoms with Crippen molar-refractivity contribution in [3.63, 3.8) is 0 Å². The second-order valence-electron chi connectivity index (χ2n) is 7.75. The lowest BCUT2D eigenvalue weighted by molar-refractivity contribution is -0.138. The van der Waals surface area contributed by atoms with Gasteiger partial charge in [0.2, 0.25) is 0 Å². The Bertz CT molecular complexity index is 1440. The number of fused-ring (bicyclic) bond motifs is 2. The largest absolute Gasteiger partial charge is 0.480 e. The second kappa shape index (κ2) is 8.43. The molecule has 4 aromatic rings. The molecule has 2 heterocycles. The second-order valence-corrected chi connectivity index (χ2v) is 9.45. The minimum atomic E-state index is -4.63. The van der Waals surface area contributed by atoms with Crippen molar-refractivity contribution < 1.29 is 29.0 Å². The van der Waals surface area contributed by atoms with Gasteiger partial charge in [0.1, 0.15) is 17.7 Å². The van der Waals surface area contributed by atoms with Gasteiger partial charge in [-0.3, -0.25) is 9.36 Å². The maximum atomic E-state index is 12.6. The van der Waals surface area contributed by atoms with Gasteiger partial charge < -0.3 is 29.3 Å². The minimum Gasteiger partial charge on any atom is -0.480 e. The Morgan fingerprint density at radius 1 is 1.00 bits per heavy atom. The van der Waals surface area contributed by atoms with Gasteiger partial charge in [-0.2, -0.15) is 0 Å². The van der Waals surface area contributed by atoms with Gasteiger partial charge in [-0.05, 0) is 30.3 Å². The SMILES string of the molecule is Cn1c(Cc2nc3ccc(C(=O)NC(CP(=O)(O)O)C(=O)O)cc3n2C)nc2ccccc21. The molecule has 0 aliphatic carbocycles. The molecule has 0 bridgehead atoms. The van der Waals surface area contributed by atoms with E-state index >= 15 is 0 Å². The van der Waals surface area contributed by atoms with Crippen LogP contribution in [-0.4, -0.2) is 58.1 Å². The van der Waals surface area contributed by atoms with Crippen LogP contribution in [0.4, 0.5) is 0 Å². The third-order valence-corrected chi connectivity index (χ3v) is 6.30. The average Bonchev–Trinajstić information content (AvgIpc) is 3.23. The van der Waals surface area contributed by atoms with E-state index in [1.54, 1.807) is 12.1 Å². The first kappa shape index (κ1) is 22.7. The van der Waals surface area contributed by atoms with Crippen molar-refractivity contribution in [3.05, 3.63) is 59.7 Å². The van der Waals surface area contributed by atoms with Crippen LogP contribution in [0.2, 0.25) is 0 Å². The fraction of sp³-hybridized carbons (Fsp3) is 0.238. The number of imidazole rings is 2. The van der Waals surface area contributed by atoms with Gasteiger partial charge >= 0.3 is 13.6 Å². The number of rotatable bonds is 7. The number of para-hydroxylation sites is 2. The molecule has 12 heteroatoms. The van der Waals surface area contributed by atoms with Crippen molar-refractivity contribution in [1.29, 1.82) is 0 Å². The summed E-state index contributed by atoms with van der Waals surface area (Å²) in [5.74, 6) is -0.728. The number of carboxylic acids is 1. The number of nitrogens with one attached hydrogen (secondary N) is 1. The number of aliphatic carboxylic acids is 1. The fourth-order valence-electron chi connectivity index (χ4n) is 3.70. The van der Waals surface area contributed by atoms with E-state index in [1.807, 2.05) is 47.5 Å². The molecule has 2 aromatic heterocycles. The topological polar surface area (TPSA) is 160 Å². The third-order valence-electron chi connectivity index (χ3n) is 5.46. The predicted octanol–water partition coefficient (Wildman–Crippen LogP) is 1.41. The van der Waals surface area contributed by atoms with Gasteiger partial charge in [0, 0.05) is 19.7 Å². The van der Waals surface area contributed by atoms with Crippen LogP contribution < -0.4 is 5.32 Å². The Balaban J connectivity index is 1.61. The van der Waals surface area contributed by atoms with Crippen LogP contribution in [0.5, 0.6) is 0 Å². The number of nitrogens with zero attached hydrogens (tertiary/aromatic N) is 4. The van der Waals surface area contributed by atoms with E-state index < -0.39 is 31.7 Å². The van der Waals surface area contributed by atoms with E-state index in [-0.39, 0.29) is 5.56 Å². The van der Waals surface area contributed by atoms with Crippen LogP contribution >= 0.6 is 7.60 Å². The summed E-state index contributed by atoms with van der Waals surface area (Å²) in [6, 6.07) is 10.8. The first-order valence-electron chi connectivity index (χ1n) is 9.97. The number of benzene rings is 2. The zero-order chi connectivity index (χ0) is 23.9. The zero-order valence-corrected chi connectivity index (χ0v) is 18.7. The van der Waals surface area contributed by atoms with E-state index in [9.17, 15) is 19.3 Å². The van der Waals surface area contributed by atoms with E-state index in [2.05, 4.69) is 15.3 Å². The van der Waals surface area contributed by atoms with Crippen molar-refractivity contribution in [2.45, 2.75) is 12.5 Å². The van der Waals surface area contributed by atoms with Crippen molar-refractivity contribution in [3.8, 4) is 0 Å². The summed E-state index contributed by atoms with van der Waals surface area (Å²) in [6.07, 6.45) is -0.536. The van der Waals surface area contributed by atoms with Gasteiger partial charge in [-0.15, -0.1) is 0 Å². The Morgan fingerprint density at radius 2 is 1.61 bits per heavy atom. The number of carbonyl (C=O) groups is 2. The number of amides is 1. The first-order valence-corrected chi connectivity index (χ1v) is 11.8. The number of aryl methyl sites for hydroxylation is 2. The predicted molar refractivity (Wildman–Crippen MR) is 120 cm³/mol.